The largest absolute Gasteiger partial charge is 0.351 e. The molecule has 2 fully saturated rings. The molecule has 2 aliphatic heterocycles. The van der Waals surface area contributed by atoms with Crippen LogP contribution >= 0.6 is 11.8 Å². The first kappa shape index (κ1) is 32.5. The molecule has 3 unspecified atom stereocenters. The fourth-order valence-electron chi connectivity index (χ4n) is 7.25. The molecule has 2 aromatic rings. The first-order chi connectivity index (χ1) is 21.0. The number of nitrogens with zero attached hydrogens (tertiary/aromatic N) is 1. The molecule has 0 radical (unpaired) electrons. The van der Waals surface area contributed by atoms with Gasteiger partial charge >= 0.3 is 0 Å². The van der Waals surface area contributed by atoms with E-state index in [4.69, 9.17) is 5.73 Å². The molecule has 44 heavy (non-hydrogen) atoms. The molecule has 2 aromatic carbocycles. The van der Waals surface area contributed by atoms with Crippen molar-refractivity contribution in [2.75, 3.05) is 18.8 Å². The van der Waals surface area contributed by atoms with Gasteiger partial charge in [0, 0.05) is 41.7 Å². The van der Waals surface area contributed by atoms with Crippen LogP contribution in [-0.4, -0.2) is 53.0 Å². The van der Waals surface area contributed by atoms with Crippen LogP contribution in [0, 0.1) is 23.1 Å². The summed E-state index contributed by atoms with van der Waals surface area (Å²) in [7, 11) is 0. The van der Waals surface area contributed by atoms with Gasteiger partial charge in [-0.15, -0.1) is 11.8 Å². The third-order valence-corrected chi connectivity index (χ3v) is 10.9. The lowest BCUT2D eigenvalue weighted by Gasteiger charge is -2.48. The molecule has 9 heteroatoms. The number of nitrogens with one attached hydrogen (secondary N) is 2. The molecule has 3 atom stereocenters. The summed E-state index contributed by atoms with van der Waals surface area (Å²) in [5.41, 5.74) is 7.44. The second-order valence-electron chi connectivity index (χ2n) is 13.9. The summed E-state index contributed by atoms with van der Waals surface area (Å²) >= 11 is 1.60. The Bertz CT molecular complexity index is 1330. The van der Waals surface area contributed by atoms with Crippen LogP contribution in [0.4, 0.5) is 4.39 Å². The van der Waals surface area contributed by atoms with Gasteiger partial charge < -0.3 is 21.3 Å². The summed E-state index contributed by atoms with van der Waals surface area (Å²) in [4.78, 5) is 44.6. The number of hydrogen-bond acceptors (Lipinski definition) is 5. The molecule has 3 aliphatic rings. The van der Waals surface area contributed by atoms with Crippen LogP contribution in [0.15, 0.2) is 53.4 Å². The Morgan fingerprint density at radius 1 is 1.02 bits per heavy atom. The van der Waals surface area contributed by atoms with E-state index in [1.54, 1.807) is 23.9 Å². The highest BCUT2D eigenvalue weighted by molar-refractivity contribution is 7.99. The van der Waals surface area contributed by atoms with Crippen molar-refractivity contribution in [3.05, 3.63) is 65.5 Å². The Labute approximate surface area is 265 Å². The minimum atomic E-state index is -0.826. The number of carbonyl (C=O) groups excluding carboxylic acids is 3. The topological polar surface area (TPSA) is 105 Å². The number of halogens is 1. The van der Waals surface area contributed by atoms with Gasteiger partial charge in [-0.3, -0.25) is 14.4 Å². The molecular weight excluding hydrogens is 575 g/mol. The second kappa shape index (κ2) is 13.6. The van der Waals surface area contributed by atoms with Crippen LogP contribution in [-0.2, 0) is 20.8 Å². The Hall–Kier alpha value is -2.91. The minimum Gasteiger partial charge on any atom is -0.351 e. The van der Waals surface area contributed by atoms with Crippen molar-refractivity contribution >= 4 is 29.5 Å². The zero-order chi connectivity index (χ0) is 31.5. The molecule has 0 spiro atoms. The van der Waals surface area contributed by atoms with Crippen molar-refractivity contribution < 1.29 is 18.8 Å². The second-order valence-corrected chi connectivity index (χ2v) is 15.0. The number of carbonyl (C=O) groups is 3. The standard InChI is InChI=1S/C35H47FN4O3S/c1-34(2,3)39-33(43)35(24-9-5-4-6-10-24)17-19-40(20-18-35)32(42)28(21-23-13-15-25(36)16-14-23)38-31(41)27-22-44-29-12-8-7-11-26(29)30(27)37/h7-8,11-16,24,27-28,30H,4-6,9-10,17-22,37H2,1-3H3,(H,38,41)(H,39,43). The van der Waals surface area contributed by atoms with Crippen LogP contribution in [0.5, 0.6) is 0 Å². The number of hydrogen-bond donors (Lipinski definition) is 3. The minimum absolute atomic E-state index is 0.101. The van der Waals surface area contributed by atoms with E-state index in [2.05, 4.69) is 10.6 Å². The SMILES string of the molecule is CC(C)(C)NC(=O)C1(C2CCCCC2)CCN(C(=O)C(Cc2ccc(F)cc2)NC(=O)C2CSc3ccccc3C2N)CC1. The summed E-state index contributed by atoms with van der Waals surface area (Å²) in [6.45, 7) is 6.94. The predicted octanol–water partition coefficient (Wildman–Crippen LogP) is 5.38. The van der Waals surface area contributed by atoms with Gasteiger partial charge in [-0.05, 0) is 81.7 Å². The smallest absolute Gasteiger partial charge is 0.245 e. The van der Waals surface area contributed by atoms with Crippen molar-refractivity contribution in [3.8, 4) is 0 Å². The van der Waals surface area contributed by atoms with Crippen molar-refractivity contribution in [2.24, 2.45) is 23.0 Å². The average Bonchev–Trinajstić information content (AvgIpc) is 3.01. The van der Waals surface area contributed by atoms with Gasteiger partial charge in [-0.25, -0.2) is 4.39 Å². The molecule has 0 aromatic heterocycles. The molecule has 1 aliphatic carbocycles. The normalized spacial score (nSPS) is 22.9. The number of fused-ring (bicyclic) bond motifs is 1. The van der Waals surface area contributed by atoms with E-state index in [1.165, 1.54) is 18.6 Å². The molecule has 238 valence electrons. The third-order valence-electron chi connectivity index (χ3n) is 9.73. The molecule has 2 heterocycles. The quantitative estimate of drug-likeness (QED) is 0.385. The maximum absolute atomic E-state index is 14.2. The van der Waals surface area contributed by atoms with Gasteiger partial charge in [0.15, 0.2) is 0 Å². The van der Waals surface area contributed by atoms with E-state index < -0.39 is 23.4 Å². The fraction of sp³-hybridized carbons (Fsp3) is 0.571. The highest BCUT2D eigenvalue weighted by atomic mass is 32.2. The molecule has 1 saturated heterocycles. The Balaban J connectivity index is 1.33. The maximum Gasteiger partial charge on any atom is 0.245 e. The summed E-state index contributed by atoms with van der Waals surface area (Å²) in [6.07, 6.45) is 7.00. The highest BCUT2D eigenvalue weighted by Crippen LogP contribution is 2.46. The lowest BCUT2D eigenvalue weighted by atomic mass is 9.63. The van der Waals surface area contributed by atoms with Gasteiger partial charge in [0.05, 0.1) is 11.3 Å². The zero-order valence-electron chi connectivity index (χ0n) is 26.2. The van der Waals surface area contributed by atoms with Crippen LogP contribution in [0.3, 0.4) is 0 Å². The van der Waals surface area contributed by atoms with E-state index in [-0.39, 0.29) is 35.5 Å². The van der Waals surface area contributed by atoms with Crippen LogP contribution < -0.4 is 16.4 Å². The number of rotatable bonds is 7. The number of benzene rings is 2. The van der Waals surface area contributed by atoms with Crippen molar-refractivity contribution in [1.82, 2.24) is 15.5 Å². The Morgan fingerprint density at radius 3 is 2.34 bits per heavy atom. The third kappa shape index (κ3) is 7.31. The number of thioether (sulfide) groups is 1. The van der Waals surface area contributed by atoms with E-state index in [0.29, 0.717) is 37.6 Å². The van der Waals surface area contributed by atoms with Crippen molar-refractivity contribution in [1.29, 1.82) is 0 Å². The van der Waals surface area contributed by atoms with Gasteiger partial charge in [0.25, 0.3) is 0 Å². The number of nitrogens with two attached hydrogens (primary N) is 1. The van der Waals surface area contributed by atoms with E-state index >= 15 is 0 Å². The monoisotopic (exact) mass is 622 g/mol. The molecule has 7 nitrogen and oxygen atoms in total. The fourth-order valence-corrected chi connectivity index (χ4v) is 8.51. The lowest BCUT2D eigenvalue weighted by Crippen LogP contribution is -2.59. The van der Waals surface area contributed by atoms with Crippen LogP contribution in [0.2, 0.25) is 0 Å². The first-order valence-corrected chi connectivity index (χ1v) is 17.1. The zero-order valence-corrected chi connectivity index (χ0v) is 27.1. The van der Waals surface area contributed by atoms with E-state index in [0.717, 1.165) is 41.7 Å². The number of piperidine rings is 1. The first-order valence-electron chi connectivity index (χ1n) is 16.1. The van der Waals surface area contributed by atoms with Crippen molar-refractivity contribution in [3.63, 3.8) is 0 Å². The molecule has 3 amide bonds. The van der Waals surface area contributed by atoms with Gasteiger partial charge in [-0.2, -0.15) is 0 Å². The van der Waals surface area contributed by atoms with Gasteiger partial charge in [0.2, 0.25) is 17.7 Å². The molecular formula is C35H47FN4O3S. The molecule has 4 N–H and O–H groups in total. The summed E-state index contributed by atoms with van der Waals surface area (Å²) in [5, 5.41) is 6.31. The average molecular weight is 623 g/mol. The number of likely N-dealkylation sites (tertiary alicyclic amines) is 1. The van der Waals surface area contributed by atoms with Crippen LogP contribution in [0.1, 0.15) is 82.9 Å². The summed E-state index contributed by atoms with van der Waals surface area (Å²) < 4.78 is 13.7. The highest BCUT2D eigenvalue weighted by Gasteiger charge is 2.49. The predicted molar refractivity (Wildman–Crippen MR) is 172 cm³/mol. The Morgan fingerprint density at radius 2 is 1.68 bits per heavy atom. The summed E-state index contributed by atoms with van der Waals surface area (Å²) in [5.74, 6) is -0.333. The Kier molecular flexibility index (Phi) is 10.0. The lowest BCUT2D eigenvalue weighted by molar-refractivity contribution is -0.147. The van der Waals surface area contributed by atoms with Crippen molar-refractivity contribution in [2.45, 2.75) is 94.7 Å². The number of amides is 3. The maximum atomic E-state index is 14.2. The molecule has 5 rings (SSSR count). The summed E-state index contributed by atoms with van der Waals surface area (Å²) in [6, 6.07) is 12.6. The van der Waals surface area contributed by atoms with Gasteiger partial charge in [-0.1, -0.05) is 49.6 Å². The van der Waals surface area contributed by atoms with Crippen LogP contribution in [0.25, 0.3) is 0 Å². The van der Waals surface area contributed by atoms with E-state index in [1.807, 2.05) is 49.9 Å². The van der Waals surface area contributed by atoms with Gasteiger partial charge in [0.1, 0.15) is 11.9 Å². The van der Waals surface area contributed by atoms with E-state index in [9.17, 15) is 18.8 Å². The molecule has 1 saturated carbocycles. The molecule has 0 bridgehead atoms.